The first-order valence-corrected chi connectivity index (χ1v) is 12.9. The number of rotatable bonds is 4. The number of hydrogen-bond acceptors (Lipinski definition) is 3. The van der Waals surface area contributed by atoms with Crippen LogP contribution in [0.15, 0.2) is 0 Å². The molecule has 0 aromatic carbocycles. The fourth-order valence-electron chi connectivity index (χ4n) is 9.04. The summed E-state index contributed by atoms with van der Waals surface area (Å²) < 4.78 is 40.3. The van der Waals surface area contributed by atoms with E-state index in [-0.39, 0.29) is 11.3 Å². The standard InChI is InChI=1S/C25H39F3N4/c1-16-29-31-32(30-16)14-4-5-17-7-9-21-20-8-6-18-15-19(25(26,27)28)10-12-24(18,3)22(20)11-13-23(17,21)2/h17-22H,4-15H2,1-3H3. The molecule has 4 aliphatic carbocycles. The van der Waals surface area contributed by atoms with Gasteiger partial charge in [-0.15, -0.1) is 10.2 Å². The van der Waals surface area contributed by atoms with Crippen LogP contribution in [-0.4, -0.2) is 26.4 Å². The Morgan fingerprint density at radius 2 is 1.72 bits per heavy atom. The van der Waals surface area contributed by atoms with E-state index in [1.54, 1.807) is 4.80 Å². The van der Waals surface area contributed by atoms with Gasteiger partial charge in [0.15, 0.2) is 5.82 Å². The van der Waals surface area contributed by atoms with Crippen molar-refractivity contribution in [1.82, 2.24) is 20.2 Å². The highest BCUT2D eigenvalue weighted by molar-refractivity contribution is 5.09. The maximum atomic E-state index is 13.4. The van der Waals surface area contributed by atoms with E-state index in [1.165, 1.54) is 32.1 Å². The van der Waals surface area contributed by atoms with E-state index in [0.717, 1.165) is 55.8 Å². The molecule has 8 atom stereocenters. The molecule has 8 unspecified atom stereocenters. The highest BCUT2D eigenvalue weighted by Gasteiger charge is 2.61. The minimum Gasteiger partial charge on any atom is -0.171 e. The van der Waals surface area contributed by atoms with Crippen molar-refractivity contribution < 1.29 is 13.2 Å². The van der Waals surface area contributed by atoms with Gasteiger partial charge in [0.2, 0.25) is 0 Å². The van der Waals surface area contributed by atoms with Crippen molar-refractivity contribution in [2.24, 2.45) is 46.3 Å². The van der Waals surface area contributed by atoms with E-state index in [2.05, 4.69) is 29.3 Å². The number of fused-ring (bicyclic) bond motifs is 5. The maximum Gasteiger partial charge on any atom is 0.391 e. The van der Waals surface area contributed by atoms with Crippen LogP contribution in [0.2, 0.25) is 0 Å². The lowest BCUT2D eigenvalue weighted by Gasteiger charge is -2.61. The molecule has 1 heterocycles. The van der Waals surface area contributed by atoms with Crippen LogP contribution in [0.4, 0.5) is 13.2 Å². The summed E-state index contributed by atoms with van der Waals surface area (Å²) in [5, 5.41) is 12.4. The molecule has 32 heavy (non-hydrogen) atoms. The van der Waals surface area contributed by atoms with Crippen molar-refractivity contribution in [2.45, 2.75) is 104 Å². The smallest absolute Gasteiger partial charge is 0.171 e. The summed E-state index contributed by atoms with van der Waals surface area (Å²) >= 11 is 0. The summed E-state index contributed by atoms with van der Waals surface area (Å²) in [6.45, 7) is 7.61. The Morgan fingerprint density at radius 3 is 2.44 bits per heavy atom. The molecular formula is C25H39F3N4. The summed E-state index contributed by atoms with van der Waals surface area (Å²) in [6, 6.07) is 0. The molecule has 180 valence electrons. The Bertz CT molecular complexity index is 822. The second kappa shape index (κ2) is 7.97. The van der Waals surface area contributed by atoms with Crippen molar-refractivity contribution in [3.63, 3.8) is 0 Å². The topological polar surface area (TPSA) is 43.6 Å². The van der Waals surface area contributed by atoms with E-state index in [0.29, 0.717) is 24.2 Å². The summed E-state index contributed by atoms with van der Waals surface area (Å²) in [5.74, 6) is 2.80. The number of aryl methyl sites for hydroxylation is 2. The second-order valence-corrected chi connectivity index (χ2v) is 12.1. The summed E-state index contributed by atoms with van der Waals surface area (Å²) in [6.07, 6.45) is 7.08. The lowest BCUT2D eigenvalue weighted by molar-refractivity contribution is -0.208. The van der Waals surface area contributed by atoms with Crippen LogP contribution < -0.4 is 0 Å². The number of tetrazole rings is 1. The third-order valence-electron chi connectivity index (χ3n) is 10.8. The first kappa shape index (κ1) is 22.6. The number of halogens is 3. The SMILES string of the molecule is Cc1nnn(CCCC2CCC3C4CCC5CC(C(F)(F)F)CCC5(C)C4CCC23C)n1. The quantitative estimate of drug-likeness (QED) is 0.517. The fourth-order valence-corrected chi connectivity index (χ4v) is 9.04. The van der Waals surface area contributed by atoms with Gasteiger partial charge in [-0.1, -0.05) is 13.8 Å². The number of nitrogens with zero attached hydrogens (tertiary/aromatic N) is 4. The Kier molecular flexibility index (Phi) is 5.64. The van der Waals surface area contributed by atoms with Crippen LogP contribution in [-0.2, 0) is 6.54 Å². The molecule has 4 aliphatic rings. The van der Waals surface area contributed by atoms with Crippen LogP contribution in [0.1, 0.15) is 90.3 Å². The highest BCUT2D eigenvalue weighted by Crippen LogP contribution is 2.68. The largest absolute Gasteiger partial charge is 0.391 e. The zero-order valence-corrected chi connectivity index (χ0v) is 19.9. The molecule has 0 bridgehead atoms. The molecule has 0 radical (unpaired) electrons. The molecule has 1 aromatic rings. The number of alkyl halides is 3. The zero-order chi connectivity index (χ0) is 22.7. The Balaban J connectivity index is 1.24. The Labute approximate surface area is 190 Å². The van der Waals surface area contributed by atoms with Gasteiger partial charge in [-0.3, -0.25) is 0 Å². The molecule has 4 fully saturated rings. The molecule has 0 amide bonds. The Morgan fingerprint density at radius 1 is 0.969 bits per heavy atom. The highest BCUT2D eigenvalue weighted by atomic mass is 19.4. The summed E-state index contributed by atoms with van der Waals surface area (Å²) in [7, 11) is 0. The van der Waals surface area contributed by atoms with Gasteiger partial charge in [-0.05, 0) is 123 Å². The molecule has 4 saturated carbocycles. The monoisotopic (exact) mass is 452 g/mol. The first-order valence-electron chi connectivity index (χ1n) is 12.9. The second-order valence-electron chi connectivity index (χ2n) is 12.1. The van der Waals surface area contributed by atoms with Crippen LogP contribution in [0.25, 0.3) is 0 Å². The molecule has 4 nitrogen and oxygen atoms in total. The van der Waals surface area contributed by atoms with Gasteiger partial charge in [0, 0.05) is 0 Å². The van der Waals surface area contributed by atoms with E-state index >= 15 is 0 Å². The minimum atomic E-state index is -4.01. The molecule has 0 saturated heterocycles. The molecule has 0 aliphatic heterocycles. The fraction of sp³-hybridized carbons (Fsp3) is 0.960. The minimum absolute atomic E-state index is 0.126. The first-order chi connectivity index (χ1) is 15.1. The zero-order valence-electron chi connectivity index (χ0n) is 19.9. The third-order valence-corrected chi connectivity index (χ3v) is 10.8. The number of hydrogen-bond donors (Lipinski definition) is 0. The summed E-state index contributed by atoms with van der Waals surface area (Å²) in [5.41, 5.74) is 0.528. The molecule has 0 N–H and O–H groups in total. The molecule has 1 aromatic heterocycles. The van der Waals surface area contributed by atoms with Crippen molar-refractivity contribution in [1.29, 1.82) is 0 Å². The van der Waals surface area contributed by atoms with Gasteiger partial charge < -0.3 is 0 Å². The van der Waals surface area contributed by atoms with Crippen molar-refractivity contribution in [3.05, 3.63) is 5.82 Å². The van der Waals surface area contributed by atoms with Crippen LogP contribution in [0.3, 0.4) is 0 Å². The molecular weight excluding hydrogens is 413 g/mol. The van der Waals surface area contributed by atoms with Gasteiger partial charge in [-0.25, -0.2) is 0 Å². The van der Waals surface area contributed by atoms with Crippen molar-refractivity contribution in [3.8, 4) is 0 Å². The van der Waals surface area contributed by atoms with Crippen LogP contribution in [0.5, 0.6) is 0 Å². The molecule has 5 rings (SSSR count). The predicted molar refractivity (Wildman–Crippen MR) is 117 cm³/mol. The lowest BCUT2D eigenvalue weighted by atomic mass is 9.44. The van der Waals surface area contributed by atoms with E-state index in [1.807, 2.05) is 6.92 Å². The average Bonchev–Trinajstić information content (AvgIpc) is 3.29. The lowest BCUT2D eigenvalue weighted by Crippen LogP contribution is -2.54. The van der Waals surface area contributed by atoms with Gasteiger partial charge in [0.1, 0.15) is 0 Å². The third kappa shape index (κ3) is 3.70. The van der Waals surface area contributed by atoms with Gasteiger partial charge in [-0.2, -0.15) is 18.0 Å². The Hall–Kier alpha value is -1.14. The normalized spacial score (nSPS) is 44.1. The van der Waals surface area contributed by atoms with E-state index < -0.39 is 12.1 Å². The van der Waals surface area contributed by atoms with Gasteiger partial charge in [0.05, 0.1) is 12.5 Å². The van der Waals surface area contributed by atoms with Crippen molar-refractivity contribution in [2.75, 3.05) is 0 Å². The van der Waals surface area contributed by atoms with Crippen LogP contribution in [0, 0.1) is 53.3 Å². The predicted octanol–water partition coefficient (Wildman–Crippen LogP) is 6.60. The van der Waals surface area contributed by atoms with Gasteiger partial charge in [0.25, 0.3) is 0 Å². The van der Waals surface area contributed by atoms with Gasteiger partial charge >= 0.3 is 6.18 Å². The average molecular weight is 453 g/mol. The van der Waals surface area contributed by atoms with E-state index in [9.17, 15) is 13.2 Å². The van der Waals surface area contributed by atoms with Crippen molar-refractivity contribution >= 4 is 0 Å². The molecule has 7 heteroatoms. The molecule has 0 spiro atoms. The maximum absolute atomic E-state index is 13.4. The van der Waals surface area contributed by atoms with E-state index in [4.69, 9.17) is 0 Å². The number of aromatic nitrogens is 4. The summed E-state index contributed by atoms with van der Waals surface area (Å²) in [4.78, 5) is 1.72. The van der Waals surface area contributed by atoms with Crippen LogP contribution >= 0.6 is 0 Å².